The molecule has 122 valence electrons. The van der Waals surface area contributed by atoms with Crippen LogP contribution >= 0.6 is 0 Å². The molecular formula is C19H26N4. The molecule has 0 spiro atoms. The van der Waals surface area contributed by atoms with Gasteiger partial charge in [0, 0.05) is 24.8 Å². The van der Waals surface area contributed by atoms with Crippen LogP contribution in [0.25, 0.3) is 11.3 Å². The minimum Gasteiger partial charge on any atom is -0.332 e. The number of hydrogen-bond donors (Lipinski definition) is 1. The highest BCUT2D eigenvalue weighted by atomic mass is 15.2. The number of benzene rings is 1. The Hall–Kier alpha value is -1.65. The molecule has 4 rings (SSSR count). The van der Waals surface area contributed by atoms with Crippen molar-refractivity contribution in [3.8, 4) is 11.3 Å². The molecule has 0 aliphatic carbocycles. The zero-order valence-electron chi connectivity index (χ0n) is 13.7. The number of nitrogens with one attached hydrogen (secondary N) is 1. The SMILES string of the molecule is c1ccc(-c2cn(CCN3CCCC3)c([C@@H]3CCCN3)n2)cc1. The van der Waals surface area contributed by atoms with Crippen molar-refractivity contribution in [2.75, 3.05) is 26.2 Å². The Morgan fingerprint density at radius 2 is 1.87 bits per heavy atom. The second-order valence-corrected chi connectivity index (χ2v) is 6.74. The highest BCUT2D eigenvalue weighted by Crippen LogP contribution is 2.26. The van der Waals surface area contributed by atoms with E-state index < -0.39 is 0 Å². The van der Waals surface area contributed by atoms with Crippen LogP contribution in [0.3, 0.4) is 0 Å². The predicted molar refractivity (Wildman–Crippen MR) is 93.3 cm³/mol. The summed E-state index contributed by atoms with van der Waals surface area (Å²) in [6, 6.07) is 11.0. The summed E-state index contributed by atoms with van der Waals surface area (Å²) in [5.74, 6) is 1.22. The van der Waals surface area contributed by atoms with E-state index >= 15 is 0 Å². The molecule has 23 heavy (non-hydrogen) atoms. The van der Waals surface area contributed by atoms with Crippen LogP contribution in [0.1, 0.15) is 37.5 Å². The van der Waals surface area contributed by atoms with E-state index in [-0.39, 0.29) is 0 Å². The van der Waals surface area contributed by atoms with Crippen LogP contribution in [0.5, 0.6) is 0 Å². The molecule has 1 N–H and O–H groups in total. The standard InChI is InChI=1S/C19H26N4/c1-2-7-16(8-3-1)18-15-23(14-13-22-11-4-5-12-22)19(21-18)17-9-6-10-20-17/h1-3,7-8,15,17,20H,4-6,9-14H2/t17-/m0/s1. The normalized spacial score (nSPS) is 22.0. The van der Waals surface area contributed by atoms with Gasteiger partial charge in [-0.1, -0.05) is 30.3 Å². The Labute approximate surface area is 138 Å². The van der Waals surface area contributed by atoms with Crippen molar-refractivity contribution in [3.05, 3.63) is 42.4 Å². The van der Waals surface area contributed by atoms with Crippen LogP contribution in [0.2, 0.25) is 0 Å². The summed E-state index contributed by atoms with van der Waals surface area (Å²) in [4.78, 5) is 7.57. The largest absolute Gasteiger partial charge is 0.332 e. The van der Waals surface area contributed by atoms with Gasteiger partial charge in [0.1, 0.15) is 5.82 Å². The molecule has 0 unspecified atom stereocenters. The molecule has 0 radical (unpaired) electrons. The number of imidazole rings is 1. The average molecular weight is 310 g/mol. The van der Waals surface area contributed by atoms with E-state index in [9.17, 15) is 0 Å². The van der Waals surface area contributed by atoms with Gasteiger partial charge in [0.25, 0.3) is 0 Å². The maximum atomic E-state index is 4.99. The Morgan fingerprint density at radius 3 is 2.61 bits per heavy atom. The Kier molecular flexibility index (Phi) is 4.44. The smallest absolute Gasteiger partial charge is 0.126 e. The molecular weight excluding hydrogens is 284 g/mol. The van der Waals surface area contributed by atoms with Crippen LogP contribution in [0.4, 0.5) is 0 Å². The summed E-state index contributed by atoms with van der Waals surface area (Å²) in [5.41, 5.74) is 2.32. The molecule has 0 bridgehead atoms. The van der Waals surface area contributed by atoms with Gasteiger partial charge in [-0.2, -0.15) is 0 Å². The fourth-order valence-electron chi connectivity index (χ4n) is 3.80. The summed E-state index contributed by atoms with van der Waals surface area (Å²) in [5, 5.41) is 3.61. The number of aromatic nitrogens is 2. The first-order chi connectivity index (χ1) is 11.4. The van der Waals surface area contributed by atoms with Crippen molar-refractivity contribution >= 4 is 0 Å². The van der Waals surface area contributed by atoms with Crippen LogP contribution in [0.15, 0.2) is 36.5 Å². The van der Waals surface area contributed by atoms with Crippen molar-refractivity contribution in [2.24, 2.45) is 0 Å². The second-order valence-electron chi connectivity index (χ2n) is 6.74. The minimum atomic E-state index is 0.422. The number of hydrogen-bond acceptors (Lipinski definition) is 3. The van der Waals surface area contributed by atoms with Crippen molar-refractivity contribution in [2.45, 2.75) is 38.3 Å². The minimum absolute atomic E-state index is 0.422. The van der Waals surface area contributed by atoms with Gasteiger partial charge in [-0.05, 0) is 45.3 Å². The van der Waals surface area contributed by atoms with Gasteiger partial charge >= 0.3 is 0 Å². The van der Waals surface area contributed by atoms with Crippen LogP contribution in [0, 0.1) is 0 Å². The maximum absolute atomic E-state index is 4.99. The van der Waals surface area contributed by atoms with E-state index in [2.05, 4.69) is 51.3 Å². The van der Waals surface area contributed by atoms with E-state index in [4.69, 9.17) is 4.98 Å². The summed E-state index contributed by atoms with van der Waals surface area (Å²) >= 11 is 0. The molecule has 3 heterocycles. The maximum Gasteiger partial charge on any atom is 0.126 e. The third-order valence-corrected chi connectivity index (χ3v) is 5.10. The van der Waals surface area contributed by atoms with Crippen molar-refractivity contribution < 1.29 is 0 Å². The fourth-order valence-corrected chi connectivity index (χ4v) is 3.80. The Bertz CT molecular complexity index is 622. The quantitative estimate of drug-likeness (QED) is 0.921. The molecule has 0 amide bonds. The van der Waals surface area contributed by atoms with Crippen molar-refractivity contribution in [3.63, 3.8) is 0 Å². The molecule has 1 aromatic carbocycles. The van der Waals surface area contributed by atoms with Gasteiger partial charge in [0.05, 0.1) is 11.7 Å². The van der Waals surface area contributed by atoms with E-state index in [1.807, 2.05) is 0 Å². The van der Waals surface area contributed by atoms with Gasteiger partial charge in [0.2, 0.25) is 0 Å². The zero-order valence-corrected chi connectivity index (χ0v) is 13.7. The van der Waals surface area contributed by atoms with Gasteiger partial charge in [-0.3, -0.25) is 0 Å². The zero-order chi connectivity index (χ0) is 15.5. The number of rotatable bonds is 5. The molecule has 0 saturated carbocycles. The predicted octanol–water partition coefficient (Wildman–Crippen LogP) is 3.07. The van der Waals surface area contributed by atoms with Gasteiger partial charge in [0.15, 0.2) is 0 Å². The first-order valence-corrected chi connectivity index (χ1v) is 8.98. The highest BCUT2D eigenvalue weighted by Gasteiger charge is 2.23. The molecule has 1 aromatic heterocycles. The van der Waals surface area contributed by atoms with Crippen molar-refractivity contribution in [1.29, 1.82) is 0 Å². The first kappa shape index (κ1) is 14.9. The Morgan fingerprint density at radius 1 is 1.04 bits per heavy atom. The first-order valence-electron chi connectivity index (χ1n) is 8.98. The van der Waals surface area contributed by atoms with Gasteiger partial charge < -0.3 is 14.8 Å². The molecule has 2 fully saturated rings. The van der Waals surface area contributed by atoms with Crippen molar-refractivity contribution in [1.82, 2.24) is 19.8 Å². The summed E-state index contributed by atoms with van der Waals surface area (Å²) < 4.78 is 2.39. The molecule has 2 aromatic rings. The topological polar surface area (TPSA) is 33.1 Å². The fraction of sp³-hybridized carbons (Fsp3) is 0.526. The lowest BCUT2D eigenvalue weighted by Crippen LogP contribution is -2.26. The Balaban J connectivity index is 1.57. The molecule has 2 saturated heterocycles. The molecule has 1 atom stereocenters. The lowest BCUT2D eigenvalue weighted by molar-refractivity contribution is 0.318. The van der Waals surface area contributed by atoms with Crippen LogP contribution in [-0.2, 0) is 6.54 Å². The second kappa shape index (κ2) is 6.85. The van der Waals surface area contributed by atoms with Gasteiger partial charge in [-0.25, -0.2) is 4.98 Å². The van der Waals surface area contributed by atoms with Crippen LogP contribution in [-0.4, -0.2) is 40.6 Å². The molecule has 4 nitrogen and oxygen atoms in total. The molecule has 2 aliphatic heterocycles. The van der Waals surface area contributed by atoms with E-state index in [0.717, 1.165) is 25.3 Å². The number of nitrogens with zero attached hydrogens (tertiary/aromatic N) is 3. The molecule has 4 heteroatoms. The summed E-state index contributed by atoms with van der Waals surface area (Å²) in [6.45, 7) is 5.83. The average Bonchev–Trinajstić information content (AvgIpc) is 3.33. The third-order valence-electron chi connectivity index (χ3n) is 5.10. The highest BCUT2D eigenvalue weighted by molar-refractivity contribution is 5.58. The summed E-state index contributed by atoms with van der Waals surface area (Å²) in [6.07, 6.45) is 7.42. The van der Waals surface area contributed by atoms with E-state index in [0.29, 0.717) is 6.04 Å². The monoisotopic (exact) mass is 310 g/mol. The lowest BCUT2D eigenvalue weighted by Gasteiger charge is -2.17. The number of likely N-dealkylation sites (tertiary alicyclic amines) is 1. The van der Waals surface area contributed by atoms with E-state index in [1.54, 1.807) is 0 Å². The molecule has 2 aliphatic rings. The lowest BCUT2D eigenvalue weighted by atomic mass is 10.2. The van der Waals surface area contributed by atoms with Crippen LogP contribution < -0.4 is 5.32 Å². The van der Waals surface area contributed by atoms with E-state index in [1.165, 1.54) is 50.2 Å². The third kappa shape index (κ3) is 3.33. The summed E-state index contributed by atoms with van der Waals surface area (Å²) in [7, 11) is 0. The van der Waals surface area contributed by atoms with Gasteiger partial charge in [-0.15, -0.1) is 0 Å².